The molecule has 1 saturated carbocycles. The van der Waals surface area contributed by atoms with E-state index >= 15 is 0 Å². The van der Waals surface area contributed by atoms with E-state index in [2.05, 4.69) is 0 Å². The fourth-order valence-corrected chi connectivity index (χ4v) is 6.12. The van der Waals surface area contributed by atoms with Crippen molar-refractivity contribution in [2.75, 3.05) is 12.0 Å². The summed E-state index contributed by atoms with van der Waals surface area (Å²) in [6, 6.07) is 9.08. The van der Waals surface area contributed by atoms with Crippen LogP contribution in [0.5, 0.6) is 5.75 Å². The molecule has 2 amide bonds. The van der Waals surface area contributed by atoms with Gasteiger partial charge in [-0.05, 0) is 55.3 Å². The number of carbonyl (C=O) groups is 2. The Labute approximate surface area is 184 Å². The summed E-state index contributed by atoms with van der Waals surface area (Å²) in [5.41, 5.74) is 0.363. The lowest BCUT2D eigenvalue weighted by atomic mass is 10.2. The number of hydrogen-bond donors (Lipinski definition) is 0. The molecule has 1 heterocycles. The number of benzene rings is 2. The minimum absolute atomic E-state index is 0.00818. The van der Waals surface area contributed by atoms with Crippen LogP contribution in [0.1, 0.15) is 19.3 Å². The smallest absolute Gasteiger partial charge is 0.252 e. The Hall–Kier alpha value is -2.13. The molecular formula is C20H18Cl2N2O5S. The maximum Gasteiger partial charge on any atom is 0.252 e. The average Bonchev–Trinajstić information content (AvgIpc) is 3.49. The molecule has 0 aromatic heterocycles. The minimum Gasteiger partial charge on any atom is -0.497 e. The molecule has 30 heavy (non-hydrogen) atoms. The van der Waals surface area contributed by atoms with Crippen molar-refractivity contribution < 1.29 is 22.7 Å². The first kappa shape index (κ1) is 21.1. The van der Waals surface area contributed by atoms with Crippen molar-refractivity contribution in [2.45, 2.75) is 36.2 Å². The number of carbonyl (C=O) groups excluding carboxylic acids is 2. The Morgan fingerprint density at radius 3 is 2.33 bits per heavy atom. The van der Waals surface area contributed by atoms with Crippen LogP contribution >= 0.6 is 23.2 Å². The van der Waals surface area contributed by atoms with Gasteiger partial charge in [-0.1, -0.05) is 23.2 Å². The van der Waals surface area contributed by atoms with Crippen LogP contribution in [0.3, 0.4) is 0 Å². The summed E-state index contributed by atoms with van der Waals surface area (Å²) in [4.78, 5) is 26.7. The Balaban J connectivity index is 1.71. The Morgan fingerprint density at radius 2 is 1.73 bits per heavy atom. The van der Waals surface area contributed by atoms with Crippen LogP contribution < -0.4 is 9.64 Å². The predicted octanol–water partition coefficient (Wildman–Crippen LogP) is 3.49. The number of amides is 2. The Kier molecular flexibility index (Phi) is 5.52. The number of nitrogens with zero attached hydrogens (tertiary/aromatic N) is 2. The van der Waals surface area contributed by atoms with Gasteiger partial charge in [0.2, 0.25) is 15.9 Å². The first-order valence-corrected chi connectivity index (χ1v) is 11.4. The van der Waals surface area contributed by atoms with E-state index in [4.69, 9.17) is 27.9 Å². The van der Waals surface area contributed by atoms with Crippen molar-refractivity contribution in [3.05, 3.63) is 52.5 Å². The van der Waals surface area contributed by atoms with Gasteiger partial charge in [0, 0.05) is 11.1 Å². The van der Waals surface area contributed by atoms with Crippen LogP contribution in [0.25, 0.3) is 0 Å². The zero-order chi connectivity index (χ0) is 21.6. The molecule has 1 aliphatic carbocycles. The molecule has 1 aliphatic heterocycles. The van der Waals surface area contributed by atoms with Gasteiger partial charge in [0.05, 0.1) is 24.2 Å². The first-order chi connectivity index (χ1) is 14.2. The molecule has 10 heteroatoms. The average molecular weight is 469 g/mol. The number of halogens is 2. The van der Waals surface area contributed by atoms with E-state index in [1.807, 2.05) is 0 Å². The zero-order valence-corrected chi connectivity index (χ0v) is 18.2. The molecule has 2 aliphatic rings. The van der Waals surface area contributed by atoms with Crippen LogP contribution in [0.15, 0.2) is 47.4 Å². The summed E-state index contributed by atoms with van der Waals surface area (Å²) in [6.45, 7) is 0. The molecular weight excluding hydrogens is 451 g/mol. The molecule has 1 unspecified atom stereocenters. The highest BCUT2D eigenvalue weighted by Gasteiger charge is 2.52. The SMILES string of the molecule is COc1ccc(N2C(=O)CC(N(C3CC3)S(=O)(=O)c3cc(Cl)ccc3Cl)C2=O)cc1. The highest BCUT2D eigenvalue weighted by molar-refractivity contribution is 7.89. The van der Waals surface area contributed by atoms with Crippen LogP contribution in [0, 0.1) is 0 Å². The Bertz CT molecular complexity index is 1120. The second kappa shape index (κ2) is 7.85. The van der Waals surface area contributed by atoms with Crippen molar-refractivity contribution in [3.8, 4) is 5.75 Å². The van der Waals surface area contributed by atoms with Gasteiger partial charge in [-0.2, -0.15) is 4.31 Å². The third kappa shape index (κ3) is 3.69. The monoisotopic (exact) mass is 468 g/mol. The van der Waals surface area contributed by atoms with Crippen LogP contribution in [0.2, 0.25) is 10.0 Å². The molecule has 158 valence electrons. The van der Waals surface area contributed by atoms with E-state index in [1.54, 1.807) is 24.3 Å². The van der Waals surface area contributed by atoms with Gasteiger partial charge < -0.3 is 4.74 Å². The molecule has 2 aromatic rings. The van der Waals surface area contributed by atoms with Crippen molar-refractivity contribution in [3.63, 3.8) is 0 Å². The summed E-state index contributed by atoms with van der Waals surface area (Å²) in [5.74, 6) is -0.473. The van der Waals surface area contributed by atoms with E-state index in [9.17, 15) is 18.0 Å². The fraction of sp³-hybridized carbons (Fsp3) is 0.300. The lowest BCUT2D eigenvalue weighted by Gasteiger charge is -2.27. The van der Waals surface area contributed by atoms with Crippen molar-refractivity contribution in [1.29, 1.82) is 0 Å². The molecule has 0 bridgehead atoms. The number of sulfonamides is 1. The molecule has 4 rings (SSSR count). The standard InChI is InChI=1S/C20H18Cl2N2O5S/c1-29-15-7-5-13(6-8-15)23-19(25)11-17(20(23)26)24(14-3-4-14)30(27,28)18-10-12(21)2-9-16(18)22/h2,5-10,14,17H,3-4,11H2,1H3. The van der Waals surface area contributed by atoms with Gasteiger partial charge >= 0.3 is 0 Å². The third-order valence-electron chi connectivity index (χ3n) is 5.12. The number of hydrogen-bond acceptors (Lipinski definition) is 5. The van der Waals surface area contributed by atoms with Crippen molar-refractivity contribution in [1.82, 2.24) is 4.31 Å². The van der Waals surface area contributed by atoms with Gasteiger partial charge in [-0.3, -0.25) is 9.59 Å². The molecule has 0 N–H and O–H groups in total. The van der Waals surface area contributed by atoms with Gasteiger partial charge in [0.1, 0.15) is 16.7 Å². The Morgan fingerprint density at radius 1 is 1.07 bits per heavy atom. The van der Waals surface area contributed by atoms with E-state index in [-0.39, 0.29) is 27.4 Å². The number of methoxy groups -OCH3 is 1. The molecule has 2 fully saturated rings. The van der Waals surface area contributed by atoms with E-state index in [0.29, 0.717) is 24.3 Å². The predicted molar refractivity (Wildman–Crippen MR) is 112 cm³/mol. The summed E-state index contributed by atoms with van der Waals surface area (Å²) >= 11 is 12.1. The second-order valence-corrected chi connectivity index (χ2v) is 9.78. The highest BCUT2D eigenvalue weighted by atomic mass is 35.5. The number of imide groups is 1. The summed E-state index contributed by atoms with van der Waals surface area (Å²) < 4.78 is 33.1. The molecule has 1 saturated heterocycles. The van der Waals surface area contributed by atoms with E-state index < -0.39 is 27.9 Å². The van der Waals surface area contributed by atoms with Gasteiger partial charge in [0.25, 0.3) is 5.91 Å². The zero-order valence-electron chi connectivity index (χ0n) is 15.9. The molecule has 7 nitrogen and oxygen atoms in total. The number of rotatable bonds is 6. The molecule has 0 radical (unpaired) electrons. The summed E-state index contributed by atoms with van der Waals surface area (Å²) in [7, 11) is -2.64. The van der Waals surface area contributed by atoms with E-state index in [1.165, 1.54) is 25.3 Å². The lowest BCUT2D eigenvalue weighted by molar-refractivity contribution is -0.122. The van der Waals surface area contributed by atoms with Gasteiger partial charge in [-0.15, -0.1) is 0 Å². The summed E-state index contributed by atoms with van der Waals surface area (Å²) in [5, 5.41) is 0.219. The first-order valence-electron chi connectivity index (χ1n) is 9.23. The topological polar surface area (TPSA) is 84.0 Å². The van der Waals surface area contributed by atoms with Crippen molar-refractivity contribution in [2.24, 2.45) is 0 Å². The molecule has 1 atom stereocenters. The molecule has 2 aromatic carbocycles. The largest absolute Gasteiger partial charge is 0.497 e. The van der Waals surface area contributed by atoms with Gasteiger partial charge in [0.15, 0.2) is 0 Å². The van der Waals surface area contributed by atoms with Gasteiger partial charge in [-0.25, -0.2) is 13.3 Å². The minimum atomic E-state index is -4.15. The number of ether oxygens (including phenoxy) is 1. The van der Waals surface area contributed by atoms with Crippen molar-refractivity contribution >= 4 is 50.7 Å². The third-order valence-corrected chi connectivity index (χ3v) is 7.79. The van der Waals surface area contributed by atoms with Crippen LogP contribution in [-0.2, 0) is 19.6 Å². The lowest BCUT2D eigenvalue weighted by Crippen LogP contribution is -2.46. The molecule has 0 spiro atoms. The number of anilines is 1. The quantitative estimate of drug-likeness (QED) is 0.605. The maximum absolute atomic E-state index is 13.4. The second-order valence-electron chi connectivity index (χ2n) is 7.13. The van der Waals surface area contributed by atoms with Crippen LogP contribution in [0.4, 0.5) is 5.69 Å². The summed E-state index contributed by atoms with van der Waals surface area (Å²) in [6.07, 6.45) is 0.981. The highest BCUT2D eigenvalue weighted by Crippen LogP contribution is 2.40. The maximum atomic E-state index is 13.4. The van der Waals surface area contributed by atoms with E-state index in [0.717, 1.165) is 9.21 Å². The fourth-order valence-electron chi connectivity index (χ4n) is 3.55. The normalized spacial score (nSPS) is 19.6. The van der Waals surface area contributed by atoms with Crippen LogP contribution in [-0.4, -0.2) is 43.7 Å².